The number of nitrogens with zero attached hydrogens (tertiary/aromatic N) is 1. The topological polar surface area (TPSA) is 55.8 Å². The minimum absolute atomic E-state index is 0.180. The first-order valence-corrected chi connectivity index (χ1v) is 6.97. The maximum atomic E-state index is 12.1. The van der Waals surface area contributed by atoms with Gasteiger partial charge >= 0.3 is 12.1 Å². The number of hydrogen-bond acceptors (Lipinski definition) is 4. The second kappa shape index (κ2) is 8.29. The standard InChI is InChI=1S/C16H23NO4/c1-12(2)10-14(15(18)20-4)17(3)16(19)21-11-13-8-6-5-7-9-13/h5-9,12,14H,10-11H2,1-4H3. The Bertz CT molecular complexity index is 459. The summed E-state index contributed by atoms with van der Waals surface area (Å²) in [6.07, 6.45) is -0.00114. The Labute approximate surface area is 125 Å². The zero-order valence-electron chi connectivity index (χ0n) is 13.0. The zero-order chi connectivity index (χ0) is 15.8. The Balaban J connectivity index is 2.63. The number of ether oxygens (including phenoxy) is 2. The molecule has 1 rings (SSSR count). The first-order valence-electron chi connectivity index (χ1n) is 6.97. The van der Waals surface area contributed by atoms with Gasteiger partial charge in [0.15, 0.2) is 0 Å². The molecule has 1 atom stereocenters. The number of benzene rings is 1. The maximum Gasteiger partial charge on any atom is 0.410 e. The van der Waals surface area contributed by atoms with Crippen molar-refractivity contribution < 1.29 is 19.1 Å². The molecule has 116 valence electrons. The van der Waals surface area contributed by atoms with E-state index in [9.17, 15) is 9.59 Å². The third-order valence-electron chi connectivity index (χ3n) is 3.13. The highest BCUT2D eigenvalue weighted by molar-refractivity contribution is 5.81. The van der Waals surface area contributed by atoms with Crippen molar-refractivity contribution in [2.24, 2.45) is 5.92 Å². The summed E-state index contributed by atoms with van der Waals surface area (Å²) in [6, 6.07) is 8.77. The van der Waals surface area contributed by atoms with Crippen molar-refractivity contribution in [3.05, 3.63) is 35.9 Å². The van der Waals surface area contributed by atoms with Crippen LogP contribution < -0.4 is 0 Å². The Morgan fingerprint density at radius 3 is 2.33 bits per heavy atom. The van der Waals surface area contributed by atoms with E-state index in [2.05, 4.69) is 0 Å². The van der Waals surface area contributed by atoms with E-state index >= 15 is 0 Å². The van der Waals surface area contributed by atoms with Gasteiger partial charge in [-0.2, -0.15) is 0 Å². The van der Waals surface area contributed by atoms with Gasteiger partial charge in [-0.3, -0.25) is 4.90 Å². The number of methoxy groups -OCH3 is 1. The van der Waals surface area contributed by atoms with Gasteiger partial charge in [0.25, 0.3) is 0 Å². The molecule has 0 radical (unpaired) electrons. The monoisotopic (exact) mass is 293 g/mol. The second-order valence-electron chi connectivity index (χ2n) is 5.32. The molecule has 0 aliphatic rings. The molecule has 0 spiro atoms. The summed E-state index contributed by atoms with van der Waals surface area (Å²) >= 11 is 0. The van der Waals surface area contributed by atoms with Crippen molar-refractivity contribution in [3.8, 4) is 0 Å². The van der Waals surface area contributed by atoms with Gasteiger partial charge in [-0.25, -0.2) is 9.59 Å². The highest BCUT2D eigenvalue weighted by Crippen LogP contribution is 2.13. The van der Waals surface area contributed by atoms with E-state index in [0.717, 1.165) is 5.56 Å². The van der Waals surface area contributed by atoms with E-state index in [1.165, 1.54) is 12.0 Å². The molecule has 0 saturated carbocycles. The van der Waals surface area contributed by atoms with Gasteiger partial charge in [-0.05, 0) is 17.9 Å². The predicted molar refractivity (Wildman–Crippen MR) is 79.6 cm³/mol. The molecule has 1 aromatic rings. The quantitative estimate of drug-likeness (QED) is 0.757. The minimum atomic E-state index is -0.627. The first-order chi connectivity index (χ1) is 9.95. The highest BCUT2D eigenvalue weighted by atomic mass is 16.6. The molecule has 5 nitrogen and oxygen atoms in total. The molecule has 1 unspecified atom stereocenters. The first kappa shape index (κ1) is 17.0. The second-order valence-corrected chi connectivity index (χ2v) is 5.32. The van der Waals surface area contributed by atoms with Gasteiger partial charge in [0.1, 0.15) is 12.6 Å². The summed E-state index contributed by atoms with van der Waals surface area (Å²) in [7, 11) is 2.87. The molecule has 0 bridgehead atoms. The van der Waals surface area contributed by atoms with Gasteiger partial charge in [-0.1, -0.05) is 44.2 Å². The largest absolute Gasteiger partial charge is 0.467 e. The number of esters is 1. The lowest BCUT2D eigenvalue weighted by molar-refractivity contribution is -0.146. The molecule has 0 aromatic heterocycles. The van der Waals surface area contributed by atoms with Gasteiger partial charge in [-0.15, -0.1) is 0 Å². The fourth-order valence-electron chi connectivity index (χ4n) is 1.94. The van der Waals surface area contributed by atoms with Crippen LogP contribution in [0.25, 0.3) is 0 Å². The molecule has 0 heterocycles. The summed E-state index contributed by atoms with van der Waals surface area (Å²) in [4.78, 5) is 25.2. The van der Waals surface area contributed by atoms with E-state index in [0.29, 0.717) is 6.42 Å². The number of rotatable bonds is 6. The van der Waals surface area contributed by atoms with Crippen LogP contribution in [0.5, 0.6) is 0 Å². The smallest absolute Gasteiger partial charge is 0.410 e. The van der Waals surface area contributed by atoms with Crippen LogP contribution in [-0.4, -0.2) is 37.2 Å². The van der Waals surface area contributed by atoms with Gasteiger partial charge in [0.05, 0.1) is 7.11 Å². The average molecular weight is 293 g/mol. The molecule has 5 heteroatoms. The number of amides is 1. The van der Waals surface area contributed by atoms with Gasteiger partial charge in [0, 0.05) is 7.05 Å². The normalized spacial score (nSPS) is 11.9. The number of carbonyl (C=O) groups is 2. The van der Waals surface area contributed by atoms with Gasteiger partial charge < -0.3 is 9.47 Å². The summed E-state index contributed by atoms with van der Waals surface area (Å²) in [5.41, 5.74) is 0.901. The fraction of sp³-hybridized carbons (Fsp3) is 0.500. The lowest BCUT2D eigenvalue weighted by Crippen LogP contribution is -2.44. The lowest BCUT2D eigenvalue weighted by atomic mass is 10.0. The van der Waals surface area contributed by atoms with Crippen LogP contribution in [0.4, 0.5) is 4.79 Å². The molecule has 0 N–H and O–H groups in total. The summed E-state index contributed by atoms with van der Waals surface area (Å²) in [6.45, 7) is 4.15. The molecule has 0 aliphatic carbocycles. The lowest BCUT2D eigenvalue weighted by Gasteiger charge is -2.26. The number of hydrogen-bond donors (Lipinski definition) is 0. The van der Waals surface area contributed by atoms with Crippen molar-refractivity contribution in [2.75, 3.05) is 14.2 Å². The van der Waals surface area contributed by atoms with Crippen LogP contribution in [0.1, 0.15) is 25.8 Å². The van der Waals surface area contributed by atoms with Crippen LogP contribution in [0.3, 0.4) is 0 Å². The Kier molecular flexibility index (Phi) is 6.72. The van der Waals surface area contributed by atoms with Crippen LogP contribution in [0.2, 0.25) is 0 Å². The molecule has 0 aliphatic heterocycles. The van der Waals surface area contributed by atoms with Crippen molar-refractivity contribution in [1.82, 2.24) is 4.90 Å². The van der Waals surface area contributed by atoms with Crippen molar-refractivity contribution >= 4 is 12.1 Å². The zero-order valence-corrected chi connectivity index (χ0v) is 13.0. The Hall–Kier alpha value is -2.04. The summed E-state index contributed by atoms with van der Waals surface area (Å²) in [5, 5.41) is 0. The number of likely N-dealkylation sites (N-methyl/N-ethyl adjacent to an activating group) is 1. The van der Waals surface area contributed by atoms with Crippen molar-refractivity contribution in [3.63, 3.8) is 0 Å². The van der Waals surface area contributed by atoms with E-state index in [1.807, 2.05) is 44.2 Å². The van der Waals surface area contributed by atoms with E-state index in [1.54, 1.807) is 7.05 Å². The minimum Gasteiger partial charge on any atom is -0.467 e. The van der Waals surface area contributed by atoms with Crippen LogP contribution >= 0.6 is 0 Å². The number of carbonyl (C=O) groups excluding carboxylic acids is 2. The van der Waals surface area contributed by atoms with Crippen LogP contribution in [-0.2, 0) is 20.9 Å². The van der Waals surface area contributed by atoms with E-state index in [4.69, 9.17) is 9.47 Å². The molecular formula is C16H23NO4. The SMILES string of the molecule is COC(=O)C(CC(C)C)N(C)C(=O)OCc1ccccc1. The maximum absolute atomic E-state index is 12.1. The summed E-state index contributed by atoms with van der Waals surface area (Å²) in [5.74, 6) is -0.165. The Morgan fingerprint density at radius 2 is 1.81 bits per heavy atom. The molecule has 21 heavy (non-hydrogen) atoms. The molecule has 1 aromatic carbocycles. The highest BCUT2D eigenvalue weighted by Gasteiger charge is 2.29. The predicted octanol–water partition coefficient (Wildman–Crippen LogP) is 2.84. The van der Waals surface area contributed by atoms with Crippen LogP contribution in [0, 0.1) is 5.92 Å². The third kappa shape index (κ3) is 5.45. The fourth-order valence-corrected chi connectivity index (χ4v) is 1.94. The van der Waals surface area contributed by atoms with Crippen molar-refractivity contribution in [1.29, 1.82) is 0 Å². The summed E-state index contributed by atoms with van der Waals surface area (Å²) < 4.78 is 9.99. The molecule has 1 amide bonds. The third-order valence-corrected chi connectivity index (χ3v) is 3.13. The van der Waals surface area contributed by atoms with E-state index < -0.39 is 18.1 Å². The van der Waals surface area contributed by atoms with E-state index in [-0.39, 0.29) is 12.5 Å². The molecule has 0 fully saturated rings. The molecule has 0 saturated heterocycles. The molecular weight excluding hydrogens is 270 g/mol. The van der Waals surface area contributed by atoms with Crippen LogP contribution in [0.15, 0.2) is 30.3 Å². The Morgan fingerprint density at radius 1 is 1.19 bits per heavy atom. The van der Waals surface area contributed by atoms with Gasteiger partial charge in [0.2, 0.25) is 0 Å². The van der Waals surface area contributed by atoms with Crippen molar-refractivity contribution in [2.45, 2.75) is 32.9 Å². The average Bonchev–Trinajstić information content (AvgIpc) is 2.49.